The molecule has 5 heteroatoms. The molecule has 3 nitrogen and oxygen atoms in total. The van der Waals surface area contributed by atoms with Gasteiger partial charge in [0.15, 0.2) is 0 Å². The molecule has 0 spiro atoms. The van der Waals surface area contributed by atoms with Crippen LogP contribution >= 0.6 is 12.4 Å². The summed E-state index contributed by atoms with van der Waals surface area (Å²) < 4.78 is 28.0. The molecule has 1 rings (SSSR count). The van der Waals surface area contributed by atoms with Crippen LogP contribution in [-0.2, 0) is 20.1 Å². The Balaban J connectivity index is 0.00000256. The maximum absolute atomic E-state index is 11.5. The zero-order valence-corrected chi connectivity index (χ0v) is 11.6. The summed E-state index contributed by atoms with van der Waals surface area (Å²) in [5.74, 6) is -0.0417. The predicted octanol–water partition coefficient (Wildman–Crippen LogP) is 3.15. The molecule has 0 N–H and O–H groups in total. The average Bonchev–Trinajstić information content (AvgIpc) is 2.25. The van der Waals surface area contributed by atoms with Crippen LogP contribution in [0.15, 0.2) is 30.3 Å². The molecule has 1 aromatic rings. The molecule has 0 heterocycles. The fourth-order valence-corrected chi connectivity index (χ4v) is 2.41. The van der Waals surface area contributed by atoms with Crippen LogP contribution in [0.1, 0.15) is 31.7 Å². The van der Waals surface area contributed by atoms with Gasteiger partial charge in [-0.25, -0.2) is 0 Å². The minimum atomic E-state index is -3.42. The van der Waals surface area contributed by atoms with Crippen LogP contribution in [0.4, 0.5) is 0 Å². The van der Waals surface area contributed by atoms with Crippen molar-refractivity contribution in [3.8, 4) is 0 Å². The van der Waals surface area contributed by atoms with E-state index in [-0.39, 0.29) is 18.2 Å². The maximum atomic E-state index is 11.5. The number of halogens is 1. The molecule has 0 aliphatic heterocycles. The number of unbranched alkanes of at least 4 members (excludes halogenated alkanes) is 2. The van der Waals surface area contributed by atoms with Gasteiger partial charge in [0.05, 0.1) is 6.61 Å². The molecule has 17 heavy (non-hydrogen) atoms. The Morgan fingerprint density at radius 3 is 2.35 bits per heavy atom. The van der Waals surface area contributed by atoms with Crippen molar-refractivity contribution in [2.45, 2.75) is 31.9 Å². The van der Waals surface area contributed by atoms with Crippen LogP contribution in [0.3, 0.4) is 0 Å². The van der Waals surface area contributed by atoms with Gasteiger partial charge in [-0.3, -0.25) is 4.18 Å². The topological polar surface area (TPSA) is 43.4 Å². The molecule has 0 bridgehead atoms. The first-order valence-corrected chi connectivity index (χ1v) is 7.13. The van der Waals surface area contributed by atoms with Crippen LogP contribution in [0.2, 0.25) is 0 Å². The summed E-state index contributed by atoms with van der Waals surface area (Å²) in [7, 11) is -3.42. The lowest BCUT2D eigenvalue weighted by molar-refractivity contribution is 0.307. The van der Waals surface area contributed by atoms with Crippen molar-refractivity contribution in [2.24, 2.45) is 0 Å². The van der Waals surface area contributed by atoms with E-state index in [1.54, 1.807) is 12.1 Å². The van der Waals surface area contributed by atoms with Gasteiger partial charge in [-0.1, -0.05) is 50.1 Å². The van der Waals surface area contributed by atoms with E-state index in [4.69, 9.17) is 4.18 Å². The second-order valence-electron chi connectivity index (χ2n) is 3.72. The number of hydrogen-bond donors (Lipinski definition) is 0. The Morgan fingerprint density at radius 1 is 1.12 bits per heavy atom. The molecule has 0 aromatic heterocycles. The van der Waals surface area contributed by atoms with E-state index in [0.29, 0.717) is 6.61 Å². The van der Waals surface area contributed by atoms with Gasteiger partial charge in [0.1, 0.15) is 5.75 Å². The lowest BCUT2D eigenvalue weighted by atomic mass is 10.2. The van der Waals surface area contributed by atoms with Crippen molar-refractivity contribution in [3.63, 3.8) is 0 Å². The third-order valence-electron chi connectivity index (χ3n) is 2.20. The maximum Gasteiger partial charge on any atom is 0.271 e. The molecule has 0 saturated carbocycles. The first-order valence-electron chi connectivity index (χ1n) is 5.55. The highest BCUT2D eigenvalue weighted by molar-refractivity contribution is 7.85. The summed E-state index contributed by atoms with van der Waals surface area (Å²) in [6.45, 7) is 2.36. The van der Waals surface area contributed by atoms with Gasteiger partial charge in [0.25, 0.3) is 10.1 Å². The predicted molar refractivity (Wildman–Crippen MR) is 71.8 cm³/mol. The second-order valence-corrected chi connectivity index (χ2v) is 5.36. The Hall–Kier alpha value is -0.580. The van der Waals surface area contributed by atoms with Crippen molar-refractivity contribution in [1.29, 1.82) is 0 Å². The zero-order valence-electron chi connectivity index (χ0n) is 9.96. The molecule has 1 aromatic carbocycles. The molecule has 0 unspecified atom stereocenters. The molecule has 0 aliphatic rings. The minimum absolute atomic E-state index is 0. The van der Waals surface area contributed by atoms with Crippen molar-refractivity contribution < 1.29 is 12.6 Å². The van der Waals surface area contributed by atoms with E-state index in [2.05, 4.69) is 6.92 Å². The molecule has 0 fully saturated rings. The smallest absolute Gasteiger partial charge is 0.270 e. The van der Waals surface area contributed by atoms with E-state index in [1.807, 2.05) is 18.2 Å². The normalized spacial score (nSPS) is 10.9. The summed E-state index contributed by atoms with van der Waals surface area (Å²) in [6.07, 6.45) is 2.85. The van der Waals surface area contributed by atoms with Crippen LogP contribution in [0, 0.1) is 0 Å². The highest BCUT2D eigenvalue weighted by Gasteiger charge is 2.11. The first kappa shape index (κ1) is 16.4. The van der Waals surface area contributed by atoms with E-state index in [9.17, 15) is 8.42 Å². The fourth-order valence-electron chi connectivity index (χ4n) is 1.36. The van der Waals surface area contributed by atoms with E-state index < -0.39 is 10.1 Å². The molecule has 0 amide bonds. The van der Waals surface area contributed by atoms with Gasteiger partial charge in [-0.05, 0) is 12.0 Å². The summed E-state index contributed by atoms with van der Waals surface area (Å²) in [5, 5.41) is 0. The van der Waals surface area contributed by atoms with Crippen LogP contribution in [-0.4, -0.2) is 15.0 Å². The fraction of sp³-hybridized carbons (Fsp3) is 0.500. The van der Waals surface area contributed by atoms with Crippen molar-refractivity contribution in [1.82, 2.24) is 0 Å². The molecule has 0 aliphatic carbocycles. The van der Waals surface area contributed by atoms with Gasteiger partial charge in [0.2, 0.25) is 0 Å². The van der Waals surface area contributed by atoms with Crippen molar-refractivity contribution in [2.75, 3.05) is 6.61 Å². The van der Waals surface area contributed by atoms with Gasteiger partial charge < -0.3 is 0 Å². The Morgan fingerprint density at radius 2 is 1.76 bits per heavy atom. The highest BCUT2D eigenvalue weighted by Crippen LogP contribution is 2.08. The lowest BCUT2D eigenvalue weighted by Gasteiger charge is -2.05. The number of benzene rings is 1. The summed E-state index contributed by atoms with van der Waals surface area (Å²) in [6, 6.07) is 9.07. The summed E-state index contributed by atoms with van der Waals surface area (Å²) in [4.78, 5) is 0. The van der Waals surface area contributed by atoms with Crippen LogP contribution in [0.5, 0.6) is 0 Å². The third kappa shape index (κ3) is 7.36. The average molecular weight is 279 g/mol. The van der Waals surface area contributed by atoms with E-state index in [0.717, 1.165) is 24.8 Å². The quantitative estimate of drug-likeness (QED) is 0.568. The van der Waals surface area contributed by atoms with Gasteiger partial charge in [-0.15, -0.1) is 12.4 Å². The van der Waals surface area contributed by atoms with Crippen molar-refractivity contribution >= 4 is 22.5 Å². The van der Waals surface area contributed by atoms with Gasteiger partial charge in [-0.2, -0.15) is 8.42 Å². The largest absolute Gasteiger partial charge is 0.271 e. The Kier molecular flexibility index (Phi) is 8.21. The highest BCUT2D eigenvalue weighted by atomic mass is 35.5. The zero-order chi connectivity index (χ0) is 11.9. The number of rotatable bonds is 7. The SMILES string of the molecule is CCCCCOS(=O)(=O)Cc1ccccc1.Cl. The Labute approximate surface area is 110 Å². The van der Waals surface area contributed by atoms with Crippen LogP contribution in [0.25, 0.3) is 0 Å². The van der Waals surface area contributed by atoms with Crippen LogP contribution < -0.4 is 0 Å². The van der Waals surface area contributed by atoms with Gasteiger partial charge in [0, 0.05) is 0 Å². The third-order valence-corrected chi connectivity index (χ3v) is 3.41. The molecule has 0 radical (unpaired) electrons. The van der Waals surface area contributed by atoms with E-state index in [1.165, 1.54) is 0 Å². The van der Waals surface area contributed by atoms with Crippen molar-refractivity contribution in [3.05, 3.63) is 35.9 Å². The lowest BCUT2D eigenvalue weighted by Crippen LogP contribution is -2.09. The summed E-state index contributed by atoms with van der Waals surface area (Å²) >= 11 is 0. The molecule has 0 atom stereocenters. The Bertz CT molecular complexity index is 389. The molecule has 98 valence electrons. The molecule has 0 saturated heterocycles. The molecular weight excluding hydrogens is 260 g/mol. The standard InChI is InChI=1S/C12H18O3S.ClH/c1-2-3-7-10-15-16(13,14)11-12-8-5-4-6-9-12;/h4-6,8-9H,2-3,7,10-11H2,1H3;1H. The monoisotopic (exact) mass is 278 g/mol. The summed E-state index contributed by atoms with van der Waals surface area (Å²) in [5.41, 5.74) is 0.762. The molecular formula is C12H19ClO3S. The number of hydrogen-bond acceptors (Lipinski definition) is 3. The van der Waals surface area contributed by atoms with Gasteiger partial charge >= 0.3 is 0 Å². The van der Waals surface area contributed by atoms with E-state index >= 15 is 0 Å². The first-order chi connectivity index (χ1) is 7.64. The minimum Gasteiger partial charge on any atom is -0.270 e. The second kappa shape index (κ2) is 8.50.